The SMILES string of the molecule is C=C/C=C\C(C=C)=C\C(=C)c1c2c(c(-c3cccc(C4=C/C=C/C(C)c5cc6c(ccc7sc(/C=C\C=C)cc76)cc5\C=C\4)c3)c3ccccc13)=CCCC=2. The van der Waals surface area contributed by atoms with Gasteiger partial charge in [-0.15, -0.1) is 11.3 Å². The molecule has 1 heterocycles. The van der Waals surface area contributed by atoms with E-state index >= 15 is 0 Å². The van der Waals surface area contributed by atoms with Crippen LogP contribution in [0, 0.1) is 0 Å². The average molecular weight is 725 g/mol. The number of thiophene rings is 1. The first-order valence-electron chi connectivity index (χ1n) is 19.0. The predicted octanol–water partition coefficient (Wildman–Crippen LogP) is 14.1. The summed E-state index contributed by atoms with van der Waals surface area (Å²) >= 11 is 1.82. The highest BCUT2D eigenvalue weighted by molar-refractivity contribution is 7.20. The van der Waals surface area contributed by atoms with Crippen molar-refractivity contribution in [3.8, 4) is 11.1 Å². The molecule has 8 rings (SSSR count). The first-order chi connectivity index (χ1) is 27.0. The van der Waals surface area contributed by atoms with E-state index in [2.05, 4.69) is 167 Å². The van der Waals surface area contributed by atoms with Crippen LogP contribution in [-0.2, 0) is 0 Å². The van der Waals surface area contributed by atoms with Crippen molar-refractivity contribution in [2.24, 2.45) is 0 Å². The van der Waals surface area contributed by atoms with Crippen LogP contribution in [-0.4, -0.2) is 0 Å². The van der Waals surface area contributed by atoms with Gasteiger partial charge in [0.1, 0.15) is 0 Å². The van der Waals surface area contributed by atoms with Gasteiger partial charge in [0, 0.05) is 15.0 Å². The highest BCUT2D eigenvalue weighted by Gasteiger charge is 2.17. The molecule has 0 N–H and O–H groups in total. The van der Waals surface area contributed by atoms with E-state index in [1.54, 1.807) is 6.08 Å². The molecule has 0 spiro atoms. The fourth-order valence-electron chi connectivity index (χ4n) is 8.08. The molecule has 1 atom stereocenters. The predicted molar refractivity (Wildman–Crippen MR) is 247 cm³/mol. The lowest BCUT2D eigenvalue weighted by molar-refractivity contribution is 0.967. The zero-order valence-corrected chi connectivity index (χ0v) is 32.2. The van der Waals surface area contributed by atoms with Crippen molar-refractivity contribution in [1.82, 2.24) is 0 Å². The number of hydrogen-bond donors (Lipinski definition) is 0. The van der Waals surface area contributed by atoms with E-state index in [0.29, 0.717) is 0 Å². The Hall–Kier alpha value is -6.28. The van der Waals surface area contributed by atoms with Gasteiger partial charge in [0.05, 0.1) is 0 Å². The molecule has 5 aromatic carbocycles. The molecule has 0 bridgehead atoms. The summed E-state index contributed by atoms with van der Waals surface area (Å²) in [5.41, 5.74) is 10.6. The average Bonchev–Trinajstić information content (AvgIpc) is 3.67. The molecule has 1 aromatic heterocycles. The zero-order valence-electron chi connectivity index (χ0n) is 31.4. The second kappa shape index (κ2) is 15.6. The third-order valence-electron chi connectivity index (χ3n) is 10.7. The highest BCUT2D eigenvalue weighted by atomic mass is 32.1. The summed E-state index contributed by atoms with van der Waals surface area (Å²) in [7, 11) is 0. The van der Waals surface area contributed by atoms with Crippen LogP contribution in [0.15, 0.2) is 178 Å². The molecule has 1 heteroatoms. The van der Waals surface area contributed by atoms with E-state index in [0.717, 1.165) is 24.0 Å². The lowest BCUT2D eigenvalue weighted by Gasteiger charge is -2.18. The molecule has 55 heavy (non-hydrogen) atoms. The lowest BCUT2D eigenvalue weighted by Crippen LogP contribution is -2.32. The van der Waals surface area contributed by atoms with Crippen LogP contribution >= 0.6 is 11.3 Å². The summed E-state index contributed by atoms with van der Waals surface area (Å²) in [4.78, 5) is 1.24. The van der Waals surface area contributed by atoms with Crippen LogP contribution in [0.3, 0.4) is 0 Å². The maximum Gasteiger partial charge on any atom is 0.0355 e. The summed E-state index contributed by atoms with van der Waals surface area (Å²) in [6.45, 7) is 18.6. The van der Waals surface area contributed by atoms with Gasteiger partial charge in [-0.05, 0) is 143 Å². The molecule has 0 nitrogen and oxygen atoms in total. The quantitative estimate of drug-likeness (QED) is 0.130. The van der Waals surface area contributed by atoms with Crippen molar-refractivity contribution in [2.45, 2.75) is 25.7 Å². The Morgan fingerprint density at radius 1 is 0.764 bits per heavy atom. The molecule has 0 radical (unpaired) electrons. The summed E-state index contributed by atoms with van der Waals surface area (Å²) in [5, 5.41) is 8.85. The van der Waals surface area contributed by atoms with Gasteiger partial charge in [0.15, 0.2) is 0 Å². The largest absolute Gasteiger partial charge is 0.136 e. The first-order valence-corrected chi connectivity index (χ1v) is 19.8. The fourth-order valence-corrected chi connectivity index (χ4v) is 9.08. The molecule has 2 aliphatic carbocycles. The Morgan fingerprint density at radius 3 is 2.38 bits per heavy atom. The third-order valence-corrected chi connectivity index (χ3v) is 11.8. The molecular weight excluding hydrogens is 681 g/mol. The number of allylic oxidation sites excluding steroid dienone is 14. The molecule has 266 valence electrons. The van der Waals surface area contributed by atoms with Crippen molar-refractivity contribution >= 4 is 78.4 Å². The van der Waals surface area contributed by atoms with Gasteiger partial charge in [0.2, 0.25) is 0 Å². The standard InChI is InChI=1S/C54H44S/c1-6-9-18-38(8-3)31-37(5)53-45-23-11-13-25-47(45)54(48-26-14-12-24-46(48)53)43-21-16-20-40(32-43)39-19-15-17-36(4)49-35-50-42(33-41(49)28-27-39)29-30-52-51(50)34-44(55-52)22-10-7-2/h6-11,13,15-36H,1-3,5,12,14H2,4H3/b17-15+,18-9-,22-10-,28-27+,38-31+,39-19+. The van der Waals surface area contributed by atoms with E-state index in [-0.39, 0.29) is 5.92 Å². The van der Waals surface area contributed by atoms with Crippen molar-refractivity contribution in [1.29, 1.82) is 0 Å². The van der Waals surface area contributed by atoms with E-state index in [4.69, 9.17) is 0 Å². The molecule has 0 amide bonds. The van der Waals surface area contributed by atoms with Gasteiger partial charge in [-0.2, -0.15) is 0 Å². The van der Waals surface area contributed by atoms with Crippen LogP contribution < -0.4 is 10.4 Å². The van der Waals surface area contributed by atoms with Crippen LogP contribution in [0.25, 0.3) is 78.2 Å². The summed E-state index contributed by atoms with van der Waals surface area (Å²) in [6.07, 6.45) is 34.0. The Morgan fingerprint density at radius 2 is 1.56 bits per heavy atom. The fraction of sp³-hybridized carbons (Fsp3) is 0.0741. The van der Waals surface area contributed by atoms with Crippen LogP contribution in [0.2, 0.25) is 0 Å². The summed E-state index contributed by atoms with van der Waals surface area (Å²) in [5.74, 6) is 0.258. The van der Waals surface area contributed by atoms with Crippen molar-refractivity contribution < 1.29 is 0 Å². The van der Waals surface area contributed by atoms with Crippen LogP contribution in [0.1, 0.15) is 52.8 Å². The Labute approximate surface area is 328 Å². The maximum absolute atomic E-state index is 4.60. The van der Waals surface area contributed by atoms with Crippen LogP contribution in [0.5, 0.6) is 0 Å². The normalized spacial score (nSPS) is 17.7. The molecular formula is C54H44S. The van der Waals surface area contributed by atoms with Gasteiger partial charge < -0.3 is 0 Å². The maximum atomic E-state index is 4.60. The smallest absolute Gasteiger partial charge is 0.0355 e. The molecule has 0 aliphatic heterocycles. The van der Waals surface area contributed by atoms with Gasteiger partial charge in [0.25, 0.3) is 0 Å². The second-order valence-electron chi connectivity index (χ2n) is 14.2. The van der Waals surface area contributed by atoms with Crippen molar-refractivity contribution in [3.05, 3.63) is 215 Å². The van der Waals surface area contributed by atoms with Crippen molar-refractivity contribution in [3.63, 3.8) is 0 Å². The summed E-state index contributed by atoms with van der Waals surface area (Å²) < 4.78 is 1.31. The second-order valence-corrected chi connectivity index (χ2v) is 15.3. The molecule has 0 saturated carbocycles. The molecule has 2 aliphatic rings. The lowest BCUT2D eigenvalue weighted by atomic mass is 9.85. The third kappa shape index (κ3) is 6.96. The minimum atomic E-state index is 0.258. The summed E-state index contributed by atoms with van der Waals surface area (Å²) in [6, 6.07) is 29.5. The Bertz CT molecular complexity index is 2890. The Balaban J connectivity index is 1.23. The minimum Gasteiger partial charge on any atom is -0.136 e. The molecule has 0 saturated heterocycles. The van der Waals surface area contributed by atoms with Gasteiger partial charge in [-0.3, -0.25) is 0 Å². The minimum absolute atomic E-state index is 0.258. The van der Waals surface area contributed by atoms with Gasteiger partial charge in [-0.25, -0.2) is 0 Å². The monoisotopic (exact) mass is 724 g/mol. The van der Waals surface area contributed by atoms with Gasteiger partial charge >= 0.3 is 0 Å². The van der Waals surface area contributed by atoms with Crippen LogP contribution in [0.4, 0.5) is 0 Å². The van der Waals surface area contributed by atoms with Crippen molar-refractivity contribution in [2.75, 3.05) is 0 Å². The van der Waals surface area contributed by atoms with E-state index in [1.165, 1.54) is 85.9 Å². The number of hydrogen-bond acceptors (Lipinski definition) is 1. The number of benzene rings is 5. The van der Waals surface area contributed by atoms with E-state index < -0.39 is 0 Å². The molecule has 6 aromatic rings. The highest BCUT2D eigenvalue weighted by Crippen LogP contribution is 2.38. The Kier molecular flexibility index (Phi) is 10.1. The first kappa shape index (κ1) is 35.7. The van der Waals surface area contributed by atoms with E-state index in [9.17, 15) is 0 Å². The zero-order chi connectivity index (χ0) is 37.9. The topological polar surface area (TPSA) is 0 Å². The molecule has 1 unspecified atom stereocenters. The molecule has 0 fully saturated rings. The van der Waals surface area contributed by atoms with E-state index in [1.807, 2.05) is 41.7 Å². The van der Waals surface area contributed by atoms with Gasteiger partial charge in [-0.1, -0.05) is 161 Å². The number of rotatable bonds is 9. The number of fused-ring (bicyclic) bond motifs is 6.